The summed E-state index contributed by atoms with van der Waals surface area (Å²) in [6, 6.07) is 16.3. The van der Waals surface area contributed by atoms with Gasteiger partial charge in [-0.25, -0.2) is 0 Å². The van der Waals surface area contributed by atoms with Crippen molar-refractivity contribution in [2.45, 2.75) is 12.8 Å². The van der Waals surface area contributed by atoms with Crippen molar-refractivity contribution in [2.75, 3.05) is 30.3 Å². The Hall–Kier alpha value is -3.35. The number of piperidine rings is 1. The number of nitrogens with one attached hydrogen (secondary N) is 2. The maximum absolute atomic E-state index is 12.6. The number of hydrogen-bond acceptors (Lipinski definition) is 4. The summed E-state index contributed by atoms with van der Waals surface area (Å²) in [6.45, 7) is 1.12. The van der Waals surface area contributed by atoms with Crippen molar-refractivity contribution in [1.82, 2.24) is 4.90 Å². The van der Waals surface area contributed by atoms with Crippen LogP contribution in [0, 0.1) is 5.92 Å². The number of carbonyl (C=O) groups is 3. The van der Waals surface area contributed by atoms with Crippen molar-refractivity contribution >= 4 is 29.1 Å². The Morgan fingerprint density at radius 1 is 0.964 bits per heavy atom. The smallest absolute Gasteiger partial charge is 0.257 e. The summed E-state index contributed by atoms with van der Waals surface area (Å²) in [5.41, 5.74) is 7.09. The van der Waals surface area contributed by atoms with E-state index < -0.39 is 0 Å². The van der Waals surface area contributed by atoms with E-state index in [-0.39, 0.29) is 30.2 Å². The zero-order chi connectivity index (χ0) is 19.9. The number of amides is 3. The Morgan fingerprint density at radius 3 is 2.29 bits per heavy atom. The fourth-order valence-electron chi connectivity index (χ4n) is 3.25. The van der Waals surface area contributed by atoms with Gasteiger partial charge in [0.05, 0.1) is 12.1 Å². The molecule has 7 heteroatoms. The molecule has 4 N–H and O–H groups in total. The molecule has 0 aromatic heterocycles. The van der Waals surface area contributed by atoms with Gasteiger partial charge in [0.2, 0.25) is 11.8 Å². The largest absolute Gasteiger partial charge is 0.376 e. The van der Waals surface area contributed by atoms with Crippen LogP contribution in [0.3, 0.4) is 0 Å². The van der Waals surface area contributed by atoms with E-state index in [4.69, 9.17) is 5.73 Å². The number of rotatable bonds is 6. The molecule has 28 heavy (non-hydrogen) atoms. The number of benzene rings is 2. The second kappa shape index (κ2) is 9.03. The van der Waals surface area contributed by atoms with E-state index in [0.717, 1.165) is 0 Å². The van der Waals surface area contributed by atoms with Gasteiger partial charge in [0.25, 0.3) is 5.91 Å². The van der Waals surface area contributed by atoms with Crippen LogP contribution in [0.4, 0.5) is 11.4 Å². The minimum Gasteiger partial charge on any atom is -0.376 e. The maximum atomic E-state index is 12.6. The summed E-state index contributed by atoms with van der Waals surface area (Å²) in [7, 11) is 0. The maximum Gasteiger partial charge on any atom is 0.257 e. The first-order chi connectivity index (χ1) is 13.5. The van der Waals surface area contributed by atoms with Crippen molar-refractivity contribution < 1.29 is 14.4 Å². The summed E-state index contributed by atoms with van der Waals surface area (Å²) in [5, 5.41) is 5.91. The molecular weight excluding hydrogens is 356 g/mol. The van der Waals surface area contributed by atoms with E-state index in [2.05, 4.69) is 10.6 Å². The third-order valence-electron chi connectivity index (χ3n) is 4.88. The number of likely N-dealkylation sites (tertiary alicyclic amines) is 1. The Kier molecular flexibility index (Phi) is 6.26. The number of nitrogens with two attached hydrogens (primary N) is 1. The van der Waals surface area contributed by atoms with Crippen molar-refractivity contribution in [2.24, 2.45) is 11.7 Å². The van der Waals surface area contributed by atoms with Crippen LogP contribution < -0.4 is 16.4 Å². The Labute approximate surface area is 163 Å². The van der Waals surface area contributed by atoms with Crippen LogP contribution in [-0.4, -0.2) is 42.3 Å². The Morgan fingerprint density at radius 2 is 1.61 bits per heavy atom. The van der Waals surface area contributed by atoms with Gasteiger partial charge in [-0.3, -0.25) is 14.4 Å². The van der Waals surface area contributed by atoms with Crippen LogP contribution in [0.5, 0.6) is 0 Å². The predicted molar refractivity (Wildman–Crippen MR) is 108 cm³/mol. The molecule has 1 heterocycles. The molecule has 0 unspecified atom stereocenters. The van der Waals surface area contributed by atoms with E-state index in [1.165, 1.54) is 0 Å². The fourth-order valence-corrected chi connectivity index (χ4v) is 3.25. The highest BCUT2D eigenvalue weighted by Crippen LogP contribution is 2.19. The number of anilines is 2. The van der Waals surface area contributed by atoms with Crippen LogP contribution >= 0.6 is 0 Å². The molecule has 2 aromatic rings. The molecule has 0 spiro atoms. The summed E-state index contributed by atoms with van der Waals surface area (Å²) in [4.78, 5) is 38.0. The van der Waals surface area contributed by atoms with Gasteiger partial charge < -0.3 is 21.3 Å². The minimum atomic E-state index is -0.302. The second-order valence-corrected chi connectivity index (χ2v) is 6.78. The quantitative estimate of drug-likeness (QED) is 0.713. The number of para-hydroxylation sites is 2. The highest BCUT2D eigenvalue weighted by Gasteiger charge is 2.25. The molecule has 1 aliphatic rings. The molecule has 146 valence electrons. The lowest BCUT2D eigenvalue weighted by atomic mass is 9.96. The molecule has 0 atom stereocenters. The molecule has 0 saturated carbocycles. The molecule has 0 bridgehead atoms. The van der Waals surface area contributed by atoms with Crippen LogP contribution in [0.15, 0.2) is 54.6 Å². The fraction of sp³-hybridized carbons (Fsp3) is 0.286. The number of primary amides is 1. The lowest BCUT2D eigenvalue weighted by Crippen LogP contribution is -2.43. The van der Waals surface area contributed by atoms with Crippen molar-refractivity contribution in [3.63, 3.8) is 0 Å². The highest BCUT2D eigenvalue weighted by atomic mass is 16.2. The summed E-state index contributed by atoms with van der Waals surface area (Å²) >= 11 is 0. The van der Waals surface area contributed by atoms with Gasteiger partial charge in [-0.05, 0) is 37.1 Å². The van der Waals surface area contributed by atoms with E-state index in [1.54, 1.807) is 23.1 Å². The van der Waals surface area contributed by atoms with E-state index in [0.29, 0.717) is 42.9 Å². The zero-order valence-corrected chi connectivity index (χ0v) is 15.6. The van der Waals surface area contributed by atoms with Gasteiger partial charge >= 0.3 is 0 Å². The topological polar surface area (TPSA) is 105 Å². The van der Waals surface area contributed by atoms with Gasteiger partial charge in [-0.15, -0.1) is 0 Å². The molecule has 0 radical (unpaired) electrons. The van der Waals surface area contributed by atoms with Crippen molar-refractivity contribution in [1.29, 1.82) is 0 Å². The lowest BCUT2D eigenvalue weighted by Gasteiger charge is -2.30. The summed E-state index contributed by atoms with van der Waals surface area (Å²) in [5.74, 6) is -0.770. The van der Waals surface area contributed by atoms with E-state index in [9.17, 15) is 14.4 Å². The predicted octanol–water partition coefficient (Wildman–Crippen LogP) is 2.07. The third-order valence-corrected chi connectivity index (χ3v) is 4.88. The molecule has 1 aliphatic heterocycles. The molecule has 3 rings (SSSR count). The monoisotopic (exact) mass is 380 g/mol. The lowest BCUT2D eigenvalue weighted by molar-refractivity contribution is -0.133. The van der Waals surface area contributed by atoms with Gasteiger partial charge in [0.15, 0.2) is 0 Å². The van der Waals surface area contributed by atoms with Crippen LogP contribution in [-0.2, 0) is 9.59 Å². The van der Waals surface area contributed by atoms with Gasteiger partial charge in [-0.1, -0.05) is 30.3 Å². The average Bonchev–Trinajstić information content (AvgIpc) is 2.73. The Bertz CT molecular complexity index is 846. The van der Waals surface area contributed by atoms with Crippen molar-refractivity contribution in [3.05, 3.63) is 60.2 Å². The average molecular weight is 380 g/mol. The third kappa shape index (κ3) is 4.88. The minimum absolute atomic E-state index is 0.0683. The van der Waals surface area contributed by atoms with Crippen LogP contribution in [0.25, 0.3) is 0 Å². The molecule has 7 nitrogen and oxygen atoms in total. The first kappa shape index (κ1) is 19.4. The van der Waals surface area contributed by atoms with Crippen molar-refractivity contribution in [3.8, 4) is 0 Å². The number of carbonyl (C=O) groups excluding carboxylic acids is 3. The number of hydrogen-bond donors (Lipinski definition) is 3. The molecule has 3 amide bonds. The summed E-state index contributed by atoms with van der Waals surface area (Å²) in [6.07, 6.45) is 1.19. The molecule has 1 fully saturated rings. The molecule has 2 aromatic carbocycles. The van der Waals surface area contributed by atoms with Crippen LogP contribution in [0.2, 0.25) is 0 Å². The molecular formula is C21H24N4O3. The van der Waals surface area contributed by atoms with Gasteiger partial charge in [0, 0.05) is 30.4 Å². The summed E-state index contributed by atoms with van der Waals surface area (Å²) < 4.78 is 0. The molecule has 1 saturated heterocycles. The van der Waals surface area contributed by atoms with Gasteiger partial charge in [0.1, 0.15) is 0 Å². The van der Waals surface area contributed by atoms with Crippen LogP contribution in [0.1, 0.15) is 23.2 Å². The van der Waals surface area contributed by atoms with E-state index in [1.807, 2.05) is 36.4 Å². The van der Waals surface area contributed by atoms with E-state index >= 15 is 0 Å². The Balaban J connectivity index is 1.58. The standard InChI is InChI=1S/C21H24N4O3/c22-20(27)15-10-12-25(13-11-15)19(26)14-23-18-9-5-4-8-17(18)21(28)24-16-6-2-1-3-7-16/h1-9,15,23H,10-14H2,(H2,22,27)(H,24,28). The number of nitrogens with zero attached hydrogens (tertiary/aromatic N) is 1. The molecule has 0 aliphatic carbocycles. The normalized spacial score (nSPS) is 14.4. The first-order valence-electron chi connectivity index (χ1n) is 9.31. The SMILES string of the molecule is NC(=O)C1CCN(C(=O)CNc2ccccc2C(=O)Nc2ccccc2)CC1. The highest BCUT2D eigenvalue weighted by molar-refractivity contribution is 6.08. The first-order valence-corrected chi connectivity index (χ1v) is 9.31. The zero-order valence-electron chi connectivity index (χ0n) is 15.6. The second-order valence-electron chi connectivity index (χ2n) is 6.78. The van der Waals surface area contributed by atoms with Gasteiger partial charge in [-0.2, -0.15) is 0 Å².